The molecule has 0 aromatic heterocycles. The summed E-state index contributed by atoms with van der Waals surface area (Å²) in [5.41, 5.74) is 7.56. The number of nitrogens with two attached hydrogens (primary N) is 1. The molecule has 2 heteroatoms. The van der Waals surface area contributed by atoms with Gasteiger partial charge in [0.2, 0.25) is 0 Å². The molecule has 0 aliphatic rings. The predicted molar refractivity (Wildman–Crippen MR) is 42.5 cm³/mol. The monoisotopic (exact) mass is 135 g/mol. The van der Waals surface area contributed by atoms with E-state index in [1.54, 1.807) is 6.07 Å². The first-order valence-electron chi connectivity index (χ1n) is 3.23. The first kappa shape index (κ1) is 7.09. The molecular formula is C8H11N2. The summed E-state index contributed by atoms with van der Waals surface area (Å²) in [7, 11) is 1.90. The van der Waals surface area contributed by atoms with Gasteiger partial charge in [-0.25, -0.2) is 0 Å². The van der Waals surface area contributed by atoms with Crippen molar-refractivity contribution >= 4 is 5.69 Å². The number of anilines is 1. The lowest BCUT2D eigenvalue weighted by Gasteiger charge is -2.01. The van der Waals surface area contributed by atoms with Crippen LogP contribution in [0.25, 0.3) is 0 Å². The van der Waals surface area contributed by atoms with Gasteiger partial charge in [-0.15, -0.1) is 0 Å². The van der Waals surface area contributed by atoms with E-state index in [1.165, 1.54) is 0 Å². The molecule has 1 radical (unpaired) electrons. The maximum atomic E-state index is 5.64. The van der Waals surface area contributed by atoms with Crippen molar-refractivity contribution in [3.63, 3.8) is 0 Å². The van der Waals surface area contributed by atoms with Gasteiger partial charge >= 0.3 is 0 Å². The Morgan fingerprint density at radius 2 is 2.50 bits per heavy atom. The largest absolute Gasteiger partial charge is 0.398 e. The van der Waals surface area contributed by atoms with Crippen molar-refractivity contribution in [2.75, 3.05) is 12.8 Å². The van der Waals surface area contributed by atoms with Gasteiger partial charge in [0.1, 0.15) is 0 Å². The smallest absolute Gasteiger partial charge is 0.0365 e. The van der Waals surface area contributed by atoms with Crippen LogP contribution in [-0.4, -0.2) is 7.05 Å². The molecule has 0 spiro atoms. The molecule has 0 bridgehead atoms. The van der Waals surface area contributed by atoms with E-state index in [2.05, 4.69) is 11.4 Å². The highest BCUT2D eigenvalue weighted by atomic mass is 14.8. The Morgan fingerprint density at radius 3 is 3.10 bits per heavy atom. The molecule has 1 aromatic carbocycles. The Balaban J connectivity index is 2.81. The van der Waals surface area contributed by atoms with Crippen LogP contribution in [0.2, 0.25) is 0 Å². The Bertz CT molecular complexity index is 208. The first-order chi connectivity index (χ1) is 4.84. The molecule has 0 atom stereocenters. The van der Waals surface area contributed by atoms with Gasteiger partial charge in [-0.2, -0.15) is 0 Å². The fourth-order valence-corrected chi connectivity index (χ4v) is 0.827. The van der Waals surface area contributed by atoms with Gasteiger partial charge < -0.3 is 11.1 Å². The highest BCUT2D eigenvalue weighted by Gasteiger charge is 1.93. The van der Waals surface area contributed by atoms with E-state index in [4.69, 9.17) is 5.73 Å². The molecule has 0 aliphatic heterocycles. The number of benzene rings is 1. The summed E-state index contributed by atoms with van der Waals surface area (Å²) in [6.45, 7) is 0.820. The summed E-state index contributed by atoms with van der Waals surface area (Å²) in [6, 6.07) is 8.52. The Morgan fingerprint density at radius 1 is 1.70 bits per heavy atom. The van der Waals surface area contributed by atoms with Crippen LogP contribution in [-0.2, 0) is 6.54 Å². The third kappa shape index (κ3) is 1.48. The van der Waals surface area contributed by atoms with E-state index < -0.39 is 0 Å². The molecular weight excluding hydrogens is 124 g/mol. The zero-order valence-electron chi connectivity index (χ0n) is 6.02. The third-order valence-electron chi connectivity index (χ3n) is 1.36. The Labute approximate surface area is 61.1 Å². The lowest BCUT2D eigenvalue weighted by molar-refractivity contribution is 0.820. The fraction of sp³-hybridized carbons (Fsp3) is 0.250. The normalized spacial score (nSPS) is 9.70. The van der Waals surface area contributed by atoms with Crippen molar-refractivity contribution < 1.29 is 0 Å². The van der Waals surface area contributed by atoms with Crippen molar-refractivity contribution in [2.24, 2.45) is 0 Å². The minimum Gasteiger partial charge on any atom is -0.398 e. The highest BCUT2D eigenvalue weighted by molar-refractivity contribution is 5.45. The number of nitrogen functional groups attached to an aromatic ring is 1. The predicted octanol–water partition coefficient (Wildman–Crippen LogP) is 0.788. The average molecular weight is 135 g/mol. The van der Waals surface area contributed by atoms with Crippen LogP contribution in [0, 0.1) is 6.07 Å². The van der Waals surface area contributed by atoms with E-state index >= 15 is 0 Å². The van der Waals surface area contributed by atoms with E-state index in [0.29, 0.717) is 0 Å². The number of hydrogen-bond donors (Lipinski definition) is 2. The van der Waals surface area contributed by atoms with Crippen molar-refractivity contribution in [2.45, 2.75) is 6.54 Å². The van der Waals surface area contributed by atoms with Gasteiger partial charge in [0.25, 0.3) is 0 Å². The van der Waals surface area contributed by atoms with Gasteiger partial charge in [0, 0.05) is 12.2 Å². The second-order valence-electron chi connectivity index (χ2n) is 2.16. The molecule has 0 aliphatic carbocycles. The summed E-state index contributed by atoms with van der Waals surface area (Å²) < 4.78 is 0. The fourth-order valence-electron chi connectivity index (χ4n) is 0.827. The maximum absolute atomic E-state index is 5.64. The van der Waals surface area contributed by atoms with Crippen molar-refractivity contribution in [3.8, 4) is 0 Å². The second kappa shape index (κ2) is 3.22. The van der Waals surface area contributed by atoms with Crippen LogP contribution in [0.15, 0.2) is 18.2 Å². The molecule has 53 valence electrons. The molecule has 2 nitrogen and oxygen atoms in total. The third-order valence-corrected chi connectivity index (χ3v) is 1.36. The minimum atomic E-state index is 0.803. The Hall–Kier alpha value is -1.02. The summed E-state index contributed by atoms with van der Waals surface area (Å²) in [5.74, 6) is 0. The van der Waals surface area contributed by atoms with Crippen molar-refractivity contribution in [1.82, 2.24) is 5.32 Å². The van der Waals surface area contributed by atoms with Crippen molar-refractivity contribution in [1.29, 1.82) is 0 Å². The van der Waals surface area contributed by atoms with E-state index in [1.807, 2.05) is 19.2 Å². The van der Waals surface area contributed by atoms with Gasteiger partial charge in [0.05, 0.1) is 0 Å². The molecule has 0 saturated heterocycles. The van der Waals surface area contributed by atoms with Crippen LogP contribution < -0.4 is 11.1 Å². The van der Waals surface area contributed by atoms with Crippen LogP contribution >= 0.6 is 0 Å². The molecule has 0 heterocycles. The van der Waals surface area contributed by atoms with Gasteiger partial charge in [-0.3, -0.25) is 0 Å². The van der Waals surface area contributed by atoms with Crippen LogP contribution in [0.3, 0.4) is 0 Å². The number of nitrogens with one attached hydrogen (secondary N) is 1. The van der Waals surface area contributed by atoms with Gasteiger partial charge in [-0.05, 0) is 24.7 Å². The molecule has 0 amide bonds. The molecule has 1 aromatic rings. The molecule has 3 N–H and O–H groups in total. The van der Waals surface area contributed by atoms with E-state index in [0.717, 1.165) is 17.8 Å². The SMILES string of the molecule is CNCc1cc[c]cc1N. The van der Waals surface area contributed by atoms with Gasteiger partial charge in [0.15, 0.2) is 0 Å². The van der Waals surface area contributed by atoms with Crippen LogP contribution in [0.5, 0.6) is 0 Å². The summed E-state index contributed by atoms with van der Waals surface area (Å²) in [4.78, 5) is 0. The molecule has 0 unspecified atom stereocenters. The second-order valence-corrected chi connectivity index (χ2v) is 2.16. The van der Waals surface area contributed by atoms with E-state index in [9.17, 15) is 0 Å². The summed E-state index contributed by atoms with van der Waals surface area (Å²) in [5, 5.41) is 3.03. The zero-order valence-corrected chi connectivity index (χ0v) is 6.02. The molecule has 10 heavy (non-hydrogen) atoms. The first-order valence-corrected chi connectivity index (χ1v) is 3.23. The number of rotatable bonds is 2. The standard InChI is InChI=1S/C8H11N2/c1-10-6-7-4-2-3-5-8(7)9/h2,4-5,10H,6,9H2,1H3. The molecule has 0 fully saturated rings. The van der Waals surface area contributed by atoms with E-state index in [-0.39, 0.29) is 0 Å². The lowest BCUT2D eigenvalue weighted by Crippen LogP contribution is -2.07. The Kier molecular flexibility index (Phi) is 2.29. The topological polar surface area (TPSA) is 38.0 Å². The molecule has 0 saturated carbocycles. The maximum Gasteiger partial charge on any atom is 0.0365 e. The van der Waals surface area contributed by atoms with Crippen LogP contribution in [0.1, 0.15) is 5.56 Å². The average Bonchev–Trinajstić information content (AvgIpc) is 1.94. The molecule has 1 rings (SSSR count). The van der Waals surface area contributed by atoms with Crippen molar-refractivity contribution in [3.05, 3.63) is 29.8 Å². The minimum absolute atomic E-state index is 0.803. The highest BCUT2D eigenvalue weighted by Crippen LogP contribution is 2.08. The van der Waals surface area contributed by atoms with Crippen LogP contribution in [0.4, 0.5) is 5.69 Å². The summed E-state index contributed by atoms with van der Waals surface area (Å²) in [6.07, 6.45) is 0. The lowest BCUT2D eigenvalue weighted by atomic mass is 10.2. The number of hydrogen-bond acceptors (Lipinski definition) is 2. The van der Waals surface area contributed by atoms with Gasteiger partial charge in [-0.1, -0.05) is 12.1 Å². The summed E-state index contributed by atoms with van der Waals surface area (Å²) >= 11 is 0. The quantitative estimate of drug-likeness (QED) is 0.588. The zero-order chi connectivity index (χ0) is 7.40.